The van der Waals surface area contributed by atoms with Crippen LogP contribution in [0, 0.1) is 0 Å². The summed E-state index contributed by atoms with van der Waals surface area (Å²) in [6, 6.07) is 19.0. The Hall–Kier alpha value is -3.51. The number of nitrogens with one attached hydrogen (secondary N) is 1. The molecule has 0 aromatic heterocycles. The molecule has 154 valence electrons. The van der Waals surface area contributed by atoms with E-state index in [2.05, 4.69) is 10.5 Å². The van der Waals surface area contributed by atoms with Gasteiger partial charge >= 0.3 is 0 Å². The fraction of sp³-hybridized carbons (Fsp3) is 0.130. The van der Waals surface area contributed by atoms with Crippen LogP contribution < -0.4 is 14.9 Å². The molecule has 0 spiro atoms. The molecule has 0 fully saturated rings. The third-order valence-electron chi connectivity index (χ3n) is 4.10. The smallest absolute Gasteiger partial charge is 0.275 e. The minimum atomic E-state index is -0.401. The maximum absolute atomic E-state index is 12.5. The van der Waals surface area contributed by atoms with Crippen LogP contribution >= 0.6 is 11.6 Å². The maximum Gasteiger partial charge on any atom is 0.275 e. The number of nitrogens with zero attached hydrogens (tertiary/aromatic N) is 1. The summed E-state index contributed by atoms with van der Waals surface area (Å²) in [6.07, 6.45) is 1.47. The molecule has 3 rings (SSSR count). The van der Waals surface area contributed by atoms with E-state index in [-0.39, 0.29) is 5.75 Å². The molecule has 30 heavy (non-hydrogen) atoms. The Morgan fingerprint density at radius 2 is 1.83 bits per heavy atom. The number of amides is 1. The molecule has 6 nitrogen and oxygen atoms in total. The summed E-state index contributed by atoms with van der Waals surface area (Å²) in [6.45, 7) is 2.56. The van der Waals surface area contributed by atoms with Gasteiger partial charge in [0.05, 0.1) is 18.4 Å². The predicted octanol–water partition coefficient (Wildman–Crippen LogP) is 4.79. The van der Waals surface area contributed by atoms with Gasteiger partial charge in [-0.05, 0) is 60.5 Å². The Morgan fingerprint density at radius 1 is 1.07 bits per heavy atom. The number of ether oxygens (including phenoxy) is 2. The van der Waals surface area contributed by atoms with Gasteiger partial charge in [-0.15, -0.1) is 0 Å². The minimum absolute atomic E-state index is 0.0461. The summed E-state index contributed by atoms with van der Waals surface area (Å²) >= 11 is 5.89. The number of carbonyl (C=O) groups is 1. The van der Waals surface area contributed by atoms with Crippen LogP contribution in [0.2, 0.25) is 5.02 Å². The van der Waals surface area contributed by atoms with E-state index in [1.807, 2.05) is 19.1 Å². The third kappa shape index (κ3) is 5.75. The number of phenolic OH excluding ortho intramolecular Hbond substituents is 1. The lowest BCUT2D eigenvalue weighted by Crippen LogP contribution is -2.18. The van der Waals surface area contributed by atoms with Crippen molar-refractivity contribution in [3.05, 3.63) is 88.4 Å². The molecule has 7 heteroatoms. The number of aromatic hydroxyl groups is 1. The molecule has 0 atom stereocenters. The predicted molar refractivity (Wildman–Crippen MR) is 117 cm³/mol. The Morgan fingerprint density at radius 3 is 2.60 bits per heavy atom. The number of carbonyl (C=O) groups excluding carboxylic acids is 1. The van der Waals surface area contributed by atoms with Crippen LogP contribution in [-0.4, -0.2) is 23.8 Å². The zero-order chi connectivity index (χ0) is 21.3. The van der Waals surface area contributed by atoms with Gasteiger partial charge in [0.25, 0.3) is 5.91 Å². The zero-order valence-electron chi connectivity index (χ0n) is 16.3. The summed E-state index contributed by atoms with van der Waals surface area (Å²) in [5.41, 5.74) is 4.46. The number of hydrogen-bond acceptors (Lipinski definition) is 5. The largest absolute Gasteiger partial charge is 0.504 e. The molecule has 0 radical (unpaired) electrons. The Labute approximate surface area is 179 Å². The molecule has 0 aliphatic rings. The molecule has 0 bridgehead atoms. The van der Waals surface area contributed by atoms with Crippen LogP contribution in [0.15, 0.2) is 71.8 Å². The van der Waals surface area contributed by atoms with Crippen LogP contribution in [-0.2, 0) is 6.61 Å². The number of hydrazone groups is 1. The van der Waals surface area contributed by atoms with Crippen molar-refractivity contribution in [1.29, 1.82) is 0 Å². The van der Waals surface area contributed by atoms with Crippen molar-refractivity contribution in [2.45, 2.75) is 13.5 Å². The van der Waals surface area contributed by atoms with Crippen molar-refractivity contribution in [1.82, 2.24) is 5.43 Å². The monoisotopic (exact) mass is 424 g/mol. The second-order valence-corrected chi connectivity index (χ2v) is 6.71. The zero-order valence-corrected chi connectivity index (χ0v) is 17.1. The van der Waals surface area contributed by atoms with Gasteiger partial charge in [-0.1, -0.05) is 35.9 Å². The molecule has 0 aliphatic carbocycles. The Bertz CT molecular complexity index is 1040. The highest BCUT2D eigenvalue weighted by Crippen LogP contribution is 2.26. The number of para-hydroxylation sites is 1. The van der Waals surface area contributed by atoms with Crippen LogP contribution in [0.3, 0.4) is 0 Å². The normalized spacial score (nSPS) is 10.7. The molecule has 0 saturated heterocycles. The molecule has 0 heterocycles. The molecule has 3 aromatic rings. The first-order valence-corrected chi connectivity index (χ1v) is 9.70. The minimum Gasteiger partial charge on any atom is -0.504 e. The van der Waals surface area contributed by atoms with Gasteiger partial charge in [0.15, 0.2) is 11.5 Å². The Balaban J connectivity index is 1.65. The fourth-order valence-corrected chi connectivity index (χ4v) is 2.76. The number of benzene rings is 3. The lowest BCUT2D eigenvalue weighted by molar-refractivity contribution is 0.0950. The average Bonchev–Trinajstić information content (AvgIpc) is 2.76. The van der Waals surface area contributed by atoms with Crippen molar-refractivity contribution in [3.63, 3.8) is 0 Å². The first-order valence-electron chi connectivity index (χ1n) is 9.32. The maximum atomic E-state index is 12.5. The van der Waals surface area contributed by atoms with E-state index in [0.29, 0.717) is 40.9 Å². The molecular formula is C23H21ClN2O4. The van der Waals surface area contributed by atoms with Crippen LogP contribution in [0.4, 0.5) is 0 Å². The van der Waals surface area contributed by atoms with Gasteiger partial charge in [-0.2, -0.15) is 5.10 Å². The SMILES string of the molecule is CCOc1cc(/C=N\NC(=O)c2ccccc2OCc2ccc(Cl)cc2)ccc1O. The Kier molecular flexibility index (Phi) is 7.29. The summed E-state index contributed by atoms with van der Waals surface area (Å²) in [5, 5.41) is 14.4. The first kappa shape index (κ1) is 21.2. The molecular weight excluding hydrogens is 404 g/mol. The highest BCUT2D eigenvalue weighted by molar-refractivity contribution is 6.30. The van der Waals surface area contributed by atoms with E-state index in [4.69, 9.17) is 21.1 Å². The van der Waals surface area contributed by atoms with Crippen LogP contribution in [0.5, 0.6) is 17.2 Å². The summed E-state index contributed by atoms with van der Waals surface area (Å²) < 4.78 is 11.1. The molecule has 0 aliphatic heterocycles. The van der Waals surface area contributed by atoms with Crippen LogP contribution in [0.25, 0.3) is 0 Å². The van der Waals surface area contributed by atoms with Crippen molar-refractivity contribution in [2.24, 2.45) is 5.10 Å². The molecule has 0 saturated carbocycles. The van der Waals surface area contributed by atoms with E-state index in [0.717, 1.165) is 5.56 Å². The highest BCUT2D eigenvalue weighted by atomic mass is 35.5. The van der Waals surface area contributed by atoms with Crippen molar-refractivity contribution in [2.75, 3.05) is 6.61 Å². The second-order valence-electron chi connectivity index (χ2n) is 6.27. The van der Waals surface area contributed by atoms with E-state index < -0.39 is 5.91 Å². The molecule has 0 unspecified atom stereocenters. The number of hydrogen-bond donors (Lipinski definition) is 2. The van der Waals surface area contributed by atoms with Gasteiger partial charge < -0.3 is 14.6 Å². The molecule has 1 amide bonds. The number of phenols is 1. The summed E-state index contributed by atoms with van der Waals surface area (Å²) in [4.78, 5) is 12.5. The van der Waals surface area contributed by atoms with E-state index in [1.54, 1.807) is 48.5 Å². The number of rotatable bonds is 8. The van der Waals surface area contributed by atoms with Gasteiger partial charge in [0, 0.05) is 5.02 Å². The van der Waals surface area contributed by atoms with E-state index in [1.165, 1.54) is 12.3 Å². The van der Waals surface area contributed by atoms with Gasteiger partial charge in [-0.25, -0.2) is 5.43 Å². The average molecular weight is 425 g/mol. The van der Waals surface area contributed by atoms with Crippen molar-refractivity contribution in [3.8, 4) is 17.2 Å². The fourth-order valence-electron chi connectivity index (χ4n) is 2.63. The lowest BCUT2D eigenvalue weighted by atomic mass is 10.2. The van der Waals surface area contributed by atoms with E-state index >= 15 is 0 Å². The standard InChI is InChI=1S/C23H21ClN2O4/c1-2-29-22-13-17(9-12-20(22)27)14-25-26-23(28)19-5-3-4-6-21(19)30-15-16-7-10-18(24)11-8-16/h3-14,27H,2,15H2,1H3,(H,26,28)/b25-14-. The quantitative estimate of drug-likeness (QED) is 0.402. The lowest BCUT2D eigenvalue weighted by Gasteiger charge is -2.10. The summed E-state index contributed by atoms with van der Waals surface area (Å²) in [7, 11) is 0. The van der Waals surface area contributed by atoms with Crippen LogP contribution in [0.1, 0.15) is 28.4 Å². The van der Waals surface area contributed by atoms with E-state index in [9.17, 15) is 9.90 Å². The topological polar surface area (TPSA) is 80.2 Å². The first-order chi connectivity index (χ1) is 14.6. The molecule has 3 aromatic carbocycles. The summed E-state index contributed by atoms with van der Waals surface area (Å²) in [5.74, 6) is 0.448. The van der Waals surface area contributed by atoms with Gasteiger partial charge in [-0.3, -0.25) is 4.79 Å². The van der Waals surface area contributed by atoms with Crippen molar-refractivity contribution < 1.29 is 19.4 Å². The van der Waals surface area contributed by atoms with Gasteiger partial charge in [0.1, 0.15) is 12.4 Å². The van der Waals surface area contributed by atoms with Gasteiger partial charge in [0.2, 0.25) is 0 Å². The molecule has 2 N–H and O–H groups in total. The van der Waals surface area contributed by atoms with Crippen molar-refractivity contribution >= 4 is 23.7 Å². The number of halogens is 1. The third-order valence-corrected chi connectivity index (χ3v) is 4.35. The highest BCUT2D eigenvalue weighted by Gasteiger charge is 2.11. The second kappa shape index (κ2) is 10.3.